The highest BCUT2D eigenvalue weighted by Crippen LogP contribution is 2.32. The van der Waals surface area contributed by atoms with E-state index in [-0.39, 0.29) is 0 Å². The Balaban J connectivity index is 2.28. The SMILES string of the molecule is COc1ccc2[nH]c3c(c2c1)CC/C3=N/O. The van der Waals surface area contributed by atoms with Gasteiger partial charge in [0.15, 0.2) is 0 Å². The number of ether oxygens (including phenoxy) is 1. The number of oxime groups is 1. The summed E-state index contributed by atoms with van der Waals surface area (Å²) >= 11 is 0. The van der Waals surface area contributed by atoms with Crippen LogP contribution >= 0.6 is 0 Å². The van der Waals surface area contributed by atoms with E-state index in [1.807, 2.05) is 18.2 Å². The van der Waals surface area contributed by atoms with Gasteiger partial charge >= 0.3 is 0 Å². The van der Waals surface area contributed by atoms with Gasteiger partial charge in [0.05, 0.1) is 12.8 Å². The summed E-state index contributed by atoms with van der Waals surface area (Å²) in [6, 6.07) is 5.93. The minimum Gasteiger partial charge on any atom is -0.497 e. The molecule has 0 saturated carbocycles. The Morgan fingerprint density at radius 1 is 1.38 bits per heavy atom. The van der Waals surface area contributed by atoms with E-state index in [0.717, 1.165) is 40.9 Å². The molecule has 16 heavy (non-hydrogen) atoms. The van der Waals surface area contributed by atoms with E-state index >= 15 is 0 Å². The summed E-state index contributed by atoms with van der Waals surface area (Å²) in [4.78, 5) is 3.28. The summed E-state index contributed by atoms with van der Waals surface area (Å²) in [6.07, 6.45) is 1.71. The van der Waals surface area contributed by atoms with Crippen molar-refractivity contribution >= 4 is 16.6 Å². The van der Waals surface area contributed by atoms with E-state index in [9.17, 15) is 0 Å². The van der Waals surface area contributed by atoms with Crippen LogP contribution in [-0.2, 0) is 6.42 Å². The van der Waals surface area contributed by atoms with Gasteiger partial charge in [0.1, 0.15) is 11.5 Å². The Hall–Kier alpha value is -1.97. The van der Waals surface area contributed by atoms with Crippen molar-refractivity contribution in [2.24, 2.45) is 5.16 Å². The van der Waals surface area contributed by atoms with Crippen molar-refractivity contribution in [3.05, 3.63) is 29.5 Å². The molecule has 0 bridgehead atoms. The van der Waals surface area contributed by atoms with Crippen LogP contribution in [0.5, 0.6) is 5.75 Å². The zero-order chi connectivity index (χ0) is 11.1. The Kier molecular flexibility index (Phi) is 1.89. The number of rotatable bonds is 1. The van der Waals surface area contributed by atoms with Gasteiger partial charge in [-0.1, -0.05) is 5.16 Å². The van der Waals surface area contributed by atoms with E-state index in [2.05, 4.69) is 10.1 Å². The average Bonchev–Trinajstić information content (AvgIpc) is 2.86. The van der Waals surface area contributed by atoms with E-state index in [1.165, 1.54) is 5.56 Å². The van der Waals surface area contributed by atoms with E-state index in [4.69, 9.17) is 9.94 Å². The summed E-state index contributed by atoms with van der Waals surface area (Å²) in [5, 5.41) is 13.4. The maximum absolute atomic E-state index is 8.88. The molecule has 82 valence electrons. The van der Waals surface area contributed by atoms with Gasteiger partial charge in [-0.2, -0.15) is 0 Å². The Morgan fingerprint density at radius 3 is 3.00 bits per heavy atom. The molecule has 2 aromatic rings. The molecule has 0 amide bonds. The Bertz CT molecular complexity index is 584. The predicted molar refractivity (Wildman–Crippen MR) is 61.5 cm³/mol. The van der Waals surface area contributed by atoms with Gasteiger partial charge < -0.3 is 14.9 Å². The summed E-state index contributed by atoms with van der Waals surface area (Å²) < 4.78 is 5.21. The number of aryl methyl sites for hydroxylation is 1. The zero-order valence-corrected chi connectivity index (χ0v) is 8.95. The molecule has 0 fully saturated rings. The molecule has 2 N–H and O–H groups in total. The maximum atomic E-state index is 8.88. The standard InChI is InChI=1S/C12H12N2O2/c1-16-7-2-4-10-9(6-7)8-3-5-11(14-15)12(8)13-10/h2,4,6,13,15H,3,5H2,1H3/b14-11-. The molecule has 3 rings (SSSR count). The normalized spacial score (nSPS) is 16.9. The van der Waals surface area contributed by atoms with Gasteiger partial charge in [-0.25, -0.2) is 0 Å². The first kappa shape index (κ1) is 9.27. The highest BCUT2D eigenvalue weighted by molar-refractivity contribution is 6.08. The number of hydrogen-bond acceptors (Lipinski definition) is 3. The quantitative estimate of drug-likeness (QED) is 0.567. The number of methoxy groups -OCH3 is 1. The highest BCUT2D eigenvalue weighted by Gasteiger charge is 2.23. The lowest BCUT2D eigenvalue weighted by Crippen LogP contribution is -1.94. The molecule has 1 aliphatic carbocycles. The average molecular weight is 216 g/mol. The van der Waals surface area contributed by atoms with Crippen LogP contribution < -0.4 is 4.74 Å². The van der Waals surface area contributed by atoms with Crippen molar-refractivity contribution in [1.29, 1.82) is 0 Å². The topological polar surface area (TPSA) is 57.6 Å². The van der Waals surface area contributed by atoms with E-state index in [0.29, 0.717) is 0 Å². The molecular formula is C12H12N2O2. The van der Waals surface area contributed by atoms with Crippen molar-refractivity contribution < 1.29 is 9.94 Å². The lowest BCUT2D eigenvalue weighted by molar-refractivity contribution is 0.318. The number of benzene rings is 1. The molecule has 1 aliphatic rings. The second-order valence-corrected chi connectivity index (χ2v) is 3.94. The molecule has 0 saturated heterocycles. The van der Waals surface area contributed by atoms with Crippen LogP contribution in [-0.4, -0.2) is 23.0 Å². The third-order valence-corrected chi connectivity index (χ3v) is 3.13. The number of nitrogens with one attached hydrogen (secondary N) is 1. The van der Waals surface area contributed by atoms with Crippen LogP contribution in [0.15, 0.2) is 23.4 Å². The number of aromatic nitrogens is 1. The van der Waals surface area contributed by atoms with Crippen LogP contribution in [0.3, 0.4) is 0 Å². The molecule has 1 aromatic carbocycles. The summed E-state index contributed by atoms with van der Waals surface area (Å²) in [5.41, 5.74) is 3.99. The molecule has 4 heteroatoms. The van der Waals surface area contributed by atoms with Crippen LogP contribution in [0, 0.1) is 0 Å². The van der Waals surface area contributed by atoms with Crippen molar-refractivity contribution in [2.75, 3.05) is 7.11 Å². The molecular weight excluding hydrogens is 204 g/mol. The van der Waals surface area contributed by atoms with Gasteiger partial charge in [-0.15, -0.1) is 0 Å². The molecule has 0 radical (unpaired) electrons. The lowest BCUT2D eigenvalue weighted by Gasteiger charge is -1.99. The minimum atomic E-state index is 0.741. The fourth-order valence-electron chi connectivity index (χ4n) is 2.33. The molecule has 0 aliphatic heterocycles. The summed E-state index contributed by atoms with van der Waals surface area (Å²) in [5.74, 6) is 0.851. The van der Waals surface area contributed by atoms with Crippen molar-refractivity contribution in [2.45, 2.75) is 12.8 Å². The van der Waals surface area contributed by atoms with Crippen molar-refractivity contribution in [3.8, 4) is 5.75 Å². The monoisotopic (exact) mass is 216 g/mol. The third-order valence-electron chi connectivity index (χ3n) is 3.13. The fraction of sp³-hybridized carbons (Fsp3) is 0.250. The minimum absolute atomic E-state index is 0.741. The Morgan fingerprint density at radius 2 is 2.25 bits per heavy atom. The lowest BCUT2D eigenvalue weighted by atomic mass is 10.1. The third kappa shape index (κ3) is 1.13. The largest absolute Gasteiger partial charge is 0.497 e. The Labute approximate surface area is 92.5 Å². The first-order valence-electron chi connectivity index (χ1n) is 5.23. The van der Waals surface area contributed by atoms with Crippen LogP contribution in [0.1, 0.15) is 17.7 Å². The number of aromatic amines is 1. The predicted octanol–water partition coefficient (Wildman–Crippen LogP) is 2.30. The number of fused-ring (bicyclic) bond motifs is 3. The smallest absolute Gasteiger partial charge is 0.119 e. The fourth-order valence-corrected chi connectivity index (χ4v) is 2.33. The molecule has 0 spiro atoms. The van der Waals surface area contributed by atoms with Gasteiger partial charge in [0.25, 0.3) is 0 Å². The van der Waals surface area contributed by atoms with Gasteiger partial charge in [-0.05, 0) is 36.6 Å². The zero-order valence-electron chi connectivity index (χ0n) is 8.95. The van der Waals surface area contributed by atoms with E-state index in [1.54, 1.807) is 7.11 Å². The number of H-pyrrole nitrogens is 1. The number of hydrogen-bond donors (Lipinski definition) is 2. The van der Waals surface area contributed by atoms with Crippen molar-refractivity contribution in [3.63, 3.8) is 0 Å². The first-order chi connectivity index (χ1) is 7.83. The maximum Gasteiger partial charge on any atom is 0.119 e. The molecule has 0 atom stereocenters. The second kappa shape index (κ2) is 3.27. The van der Waals surface area contributed by atoms with Crippen LogP contribution in [0.25, 0.3) is 10.9 Å². The molecule has 1 aromatic heterocycles. The molecule has 4 nitrogen and oxygen atoms in total. The van der Waals surface area contributed by atoms with E-state index < -0.39 is 0 Å². The van der Waals surface area contributed by atoms with Crippen molar-refractivity contribution in [1.82, 2.24) is 4.98 Å². The molecule has 1 heterocycles. The van der Waals surface area contributed by atoms with Crippen LogP contribution in [0.2, 0.25) is 0 Å². The summed E-state index contributed by atoms with van der Waals surface area (Å²) in [6.45, 7) is 0. The van der Waals surface area contributed by atoms with Gasteiger partial charge in [-0.3, -0.25) is 0 Å². The first-order valence-corrected chi connectivity index (χ1v) is 5.23. The van der Waals surface area contributed by atoms with Crippen LogP contribution in [0.4, 0.5) is 0 Å². The second-order valence-electron chi connectivity index (χ2n) is 3.94. The number of nitrogens with zero attached hydrogens (tertiary/aromatic N) is 1. The van der Waals surface area contributed by atoms with Gasteiger partial charge in [0, 0.05) is 10.9 Å². The highest BCUT2D eigenvalue weighted by atomic mass is 16.5. The summed E-state index contributed by atoms with van der Waals surface area (Å²) in [7, 11) is 1.66. The molecule has 0 unspecified atom stereocenters. The van der Waals surface area contributed by atoms with Gasteiger partial charge in [0.2, 0.25) is 0 Å².